The number of likely N-dealkylation sites (N-methyl/N-ethyl adjacent to an activating group) is 1. The minimum atomic E-state index is 0.731. The minimum absolute atomic E-state index is 0.731. The molecule has 0 radical (unpaired) electrons. The van der Waals surface area contributed by atoms with Gasteiger partial charge in [0.05, 0.1) is 5.52 Å². The first-order chi connectivity index (χ1) is 9.10. The lowest BCUT2D eigenvalue weighted by atomic mass is 9.96. The zero-order valence-corrected chi connectivity index (χ0v) is 12.9. The lowest BCUT2D eigenvalue weighted by molar-refractivity contribution is 0.309. The summed E-state index contributed by atoms with van der Waals surface area (Å²) >= 11 is 10.7. The Balaban J connectivity index is 2.36. The number of thiol groups is 1. The summed E-state index contributed by atoms with van der Waals surface area (Å²) < 4.78 is 0. The predicted octanol–water partition coefficient (Wildman–Crippen LogP) is 3.61. The summed E-state index contributed by atoms with van der Waals surface area (Å²) in [5.74, 6) is 0.731. The van der Waals surface area contributed by atoms with E-state index in [1.54, 1.807) is 0 Å². The van der Waals surface area contributed by atoms with E-state index in [-0.39, 0.29) is 0 Å². The number of fused-ring (bicyclic) bond motifs is 2. The minimum Gasteiger partial charge on any atom is -0.302 e. The fraction of sp³-hybridized carbons (Fsp3) is 0.400. The maximum absolute atomic E-state index is 6.20. The Morgan fingerprint density at radius 3 is 2.95 bits per heavy atom. The molecule has 19 heavy (non-hydrogen) atoms. The van der Waals surface area contributed by atoms with Crippen molar-refractivity contribution in [2.45, 2.75) is 25.6 Å². The number of pyridine rings is 1. The van der Waals surface area contributed by atoms with E-state index in [1.165, 1.54) is 16.8 Å². The van der Waals surface area contributed by atoms with E-state index < -0.39 is 0 Å². The second-order valence-electron chi connectivity index (χ2n) is 5.28. The van der Waals surface area contributed by atoms with Crippen molar-refractivity contribution in [2.24, 2.45) is 0 Å². The standard InChI is InChI=1S/C15H17ClN2S/c1-9-5-10(16)6-11-13(8-19)12-7-18(2)4-3-14(12)17-15(9)11/h5-6,19H,3-4,7-8H2,1-2H3. The van der Waals surface area contributed by atoms with Crippen molar-refractivity contribution in [1.82, 2.24) is 9.88 Å². The molecule has 0 saturated carbocycles. The highest BCUT2D eigenvalue weighted by Crippen LogP contribution is 2.32. The van der Waals surface area contributed by atoms with E-state index in [0.717, 1.165) is 46.8 Å². The highest BCUT2D eigenvalue weighted by molar-refractivity contribution is 7.79. The molecule has 1 aliphatic rings. The zero-order valence-electron chi connectivity index (χ0n) is 11.2. The summed E-state index contributed by atoms with van der Waals surface area (Å²) in [4.78, 5) is 7.21. The van der Waals surface area contributed by atoms with Crippen LogP contribution >= 0.6 is 24.2 Å². The van der Waals surface area contributed by atoms with Crippen LogP contribution in [0.4, 0.5) is 0 Å². The Bertz CT molecular complexity index is 654. The number of aromatic nitrogens is 1. The van der Waals surface area contributed by atoms with Gasteiger partial charge in [-0.1, -0.05) is 11.6 Å². The molecule has 4 heteroatoms. The van der Waals surface area contributed by atoms with Crippen LogP contribution in [0.25, 0.3) is 10.9 Å². The van der Waals surface area contributed by atoms with Gasteiger partial charge >= 0.3 is 0 Å². The number of benzene rings is 1. The monoisotopic (exact) mass is 292 g/mol. The van der Waals surface area contributed by atoms with Crippen LogP contribution in [-0.4, -0.2) is 23.5 Å². The van der Waals surface area contributed by atoms with Gasteiger partial charge in [0, 0.05) is 41.4 Å². The van der Waals surface area contributed by atoms with Crippen LogP contribution in [-0.2, 0) is 18.7 Å². The average molecular weight is 293 g/mol. The number of aryl methyl sites for hydroxylation is 1. The molecule has 0 unspecified atom stereocenters. The number of nitrogens with zero attached hydrogens (tertiary/aromatic N) is 2. The maximum Gasteiger partial charge on any atom is 0.0738 e. The van der Waals surface area contributed by atoms with Gasteiger partial charge in [-0.3, -0.25) is 4.98 Å². The highest BCUT2D eigenvalue weighted by Gasteiger charge is 2.20. The van der Waals surface area contributed by atoms with Crippen LogP contribution in [0.2, 0.25) is 5.02 Å². The van der Waals surface area contributed by atoms with Crippen LogP contribution in [0.3, 0.4) is 0 Å². The smallest absolute Gasteiger partial charge is 0.0738 e. The van der Waals surface area contributed by atoms with Crippen molar-refractivity contribution in [3.63, 3.8) is 0 Å². The third-order valence-electron chi connectivity index (χ3n) is 3.87. The van der Waals surface area contributed by atoms with Crippen molar-refractivity contribution in [3.8, 4) is 0 Å². The van der Waals surface area contributed by atoms with E-state index >= 15 is 0 Å². The van der Waals surface area contributed by atoms with Gasteiger partial charge in [-0.05, 0) is 42.8 Å². The Morgan fingerprint density at radius 2 is 2.21 bits per heavy atom. The molecular formula is C15H17ClN2S. The molecule has 0 spiro atoms. The van der Waals surface area contributed by atoms with Crippen molar-refractivity contribution in [2.75, 3.05) is 13.6 Å². The summed E-state index contributed by atoms with van der Waals surface area (Å²) in [7, 11) is 2.15. The first kappa shape index (κ1) is 13.2. The van der Waals surface area contributed by atoms with Crippen LogP contribution in [0.15, 0.2) is 12.1 Å². The summed E-state index contributed by atoms with van der Waals surface area (Å²) in [6, 6.07) is 4.01. The van der Waals surface area contributed by atoms with Crippen LogP contribution in [0.5, 0.6) is 0 Å². The van der Waals surface area contributed by atoms with Gasteiger partial charge in [0.25, 0.3) is 0 Å². The molecule has 0 amide bonds. The van der Waals surface area contributed by atoms with Crippen LogP contribution in [0, 0.1) is 6.92 Å². The molecule has 0 aliphatic carbocycles. The Hall–Kier alpha value is -0.770. The van der Waals surface area contributed by atoms with Crippen LogP contribution in [0.1, 0.15) is 22.4 Å². The molecule has 1 aliphatic heterocycles. The third-order valence-corrected chi connectivity index (χ3v) is 4.40. The average Bonchev–Trinajstić information content (AvgIpc) is 2.36. The zero-order chi connectivity index (χ0) is 13.6. The molecule has 3 rings (SSSR count). The topological polar surface area (TPSA) is 16.1 Å². The van der Waals surface area contributed by atoms with Gasteiger partial charge in [0.1, 0.15) is 0 Å². The normalized spacial score (nSPS) is 15.8. The lowest BCUT2D eigenvalue weighted by Gasteiger charge is -2.27. The van der Waals surface area contributed by atoms with E-state index in [0.29, 0.717) is 0 Å². The van der Waals surface area contributed by atoms with Crippen LogP contribution < -0.4 is 0 Å². The molecule has 2 heterocycles. The molecule has 0 saturated heterocycles. The SMILES string of the molecule is Cc1cc(Cl)cc2c(CS)c3c(nc12)CCN(C)C3. The maximum atomic E-state index is 6.20. The molecule has 1 aromatic carbocycles. The number of hydrogen-bond donors (Lipinski definition) is 1. The van der Waals surface area contributed by atoms with Crippen molar-refractivity contribution in [1.29, 1.82) is 0 Å². The lowest BCUT2D eigenvalue weighted by Crippen LogP contribution is -2.28. The van der Waals surface area contributed by atoms with E-state index in [1.807, 2.05) is 12.1 Å². The molecule has 0 bridgehead atoms. The molecule has 1 aromatic heterocycles. The van der Waals surface area contributed by atoms with Gasteiger partial charge in [-0.2, -0.15) is 12.6 Å². The molecular weight excluding hydrogens is 276 g/mol. The second-order valence-corrected chi connectivity index (χ2v) is 6.03. The number of hydrogen-bond acceptors (Lipinski definition) is 3. The number of rotatable bonds is 1. The predicted molar refractivity (Wildman–Crippen MR) is 84.2 cm³/mol. The van der Waals surface area contributed by atoms with E-state index in [9.17, 15) is 0 Å². The first-order valence-electron chi connectivity index (χ1n) is 6.50. The van der Waals surface area contributed by atoms with E-state index in [4.69, 9.17) is 16.6 Å². The summed E-state index contributed by atoms with van der Waals surface area (Å²) in [5.41, 5.74) is 6.10. The largest absolute Gasteiger partial charge is 0.302 e. The molecule has 2 aromatic rings. The molecule has 2 nitrogen and oxygen atoms in total. The van der Waals surface area contributed by atoms with Crippen molar-refractivity contribution >= 4 is 35.1 Å². The van der Waals surface area contributed by atoms with Gasteiger partial charge in [0.15, 0.2) is 0 Å². The molecule has 0 fully saturated rings. The fourth-order valence-electron chi connectivity index (χ4n) is 2.87. The Kier molecular flexibility index (Phi) is 3.46. The third kappa shape index (κ3) is 2.24. The fourth-order valence-corrected chi connectivity index (χ4v) is 3.51. The molecule has 0 N–H and O–H groups in total. The highest BCUT2D eigenvalue weighted by atomic mass is 35.5. The van der Waals surface area contributed by atoms with E-state index in [2.05, 4.69) is 31.5 Å². The van der Waals surface area contributed by atoms with Gasteiger partial charge < -0.3 is 4.90 Å². The van der Waals surface area contributed by atoms with Gasteiger partial charge in [-0.15, -0.1) is 0 Å². The Labute approximate surface area is 124 Å². The molecule has 0 atom stereocenters. The quantitative estimate of drug-likeness (QED) is 0.808. The van der Waals surface area contributed by atoms with Crippen molar-refractivity contribution < 1.29 is 0 Å². The Morgan fingerprint density at radius 1 is 1.42 bits per heavy atom. The summed E-state index contributed by atoms with van der Waals surface area (Å²) in [5, 5.41) is 1.94. The van der Waals surface area contributed by atoms with Gasteiger partial charge in [0.2, 0.25) is 0 Å². The van der Waals surface area contributed by atoms with Gasteiger partial charge in [-0.25, -0.2) is 0 Å². The molecule has 100 valence electrons. The van der Waals surface area contributed by atoms with Crippen molar-refractivity contribution in [3.05, 3.63) is 39.5 Å². The first-order valence-corrected chi connectivity index (χ1v) is 7.51. The summed E-state index contributed by atoms with van der Waals surface area (Å²) in [6.45, 7) is 4.11. The number of halogens is 1. The summed E-state index contributed by atoms with van der Waals surface area (Å²) in [6.07, 6.45) is 1.02. The second kappa shape index (κ2) is 4.97.